The number of nitrogens with two attached hydrogens (primary N) is 1. The van der Waals surface area contributed by atoms with Crippen molar-refractivity contribution in [3.8, 4) is 0 Å². The van der Waals surface area contributed by atoms with E-state index >= 15 is 0 Å². The SMILES string of the molecule is N[C@H]1CC(=O)OC1=O. The van der Waals surface area contributed by atoms with E-state index < -0.39 is 18.0 Å². The second-order valence-corrected chi connectivity index (χ2v) is 1.60. The van der Waals surface area contributed by atoms with E-state index in [1.165, 1.54) is 0 Å². The third kappa shape index (κ3) is 0.696. The minimum Gasteiger partial charge on any atom is -0.392 e. The molecule has 8 heavy (non-hydrogen) atoms. The maximum absolute atomic E-state index is 10.2. The van der Waals surface area contributed by atoms with Gasteiger partial charge in [0.15, 0.2) is 0 Å². The van der Waals surface area contributed by atoms with Gasteiger partial charge in [0.05, 0.1) is 6.42 Å². The number of hydrogen-bond acceptors (Lipinski definition) is 4. The monoisotopic (exact) mass is 115 g/mol. The Labute approximate surface area is 45.6 Å². The molecule has 0 unspecified atom stereocenters. The summed E-state index contributed by atoms with van der Waals surface area (Å²) in [5.41, 5.74) is 5.07. The normalized spacial score (nSPS) is 28.4. The van der Waals surface area contributed by atoms with Crippen LogP contribution in [-0.2, 0) is 14.3 Å². The van der Waals surface area contributed by atoms with Gasteiger partial charge in [-0.15, -0.1) is 0 Å². The van der Waals surface area contributed by atoms with Crippen LogP contribution in [0.3, 0.4) is 0 Å². The van der Waals surface area contributed by atoms with Gasteiger partial charge in [-0.25, -0.2) is 4.79 Å². The van der Waals surface area contributed by atoms with Crippen LogP contribution in [0, 0.1) is 0 Å². The summed E-state index contributed by atoms with van der Waals surface area (Å²) in [5, 5.41) is 0. The zero-order valence-corrected chi connectivity index (χ0v) is 4.09. The summed E-state index contributed by atoms with van der Waals surface area (Å²) in [5.74, 6) is -1.14. The molecule has 0 radical (unpaired) electrons. The smallest absolute Gasteiger partial charge is 0.331 e. The van der Waals surface area contributed by atoms with Crippen molar-refractivity contribution in [3.63, 3.8) is 0 Å². The van der Waals surface area contributed by atoms with Crippen LogP contribution < -0.4 is 5.73 Å². The fourth-order valence-corrected chi connectivity index (χ4v) is 0.492. The van der Waals surface area contributed by atoms with Crippen LogP contribution in [0.2, 0.25) is 0 Å². The van der Waals surface area contributed by atoms with Crippen molar-refractivity contribution in [2.45, 2.75) is 12.5 Å². The lowest BCUT2D eigenvalue weighted by molar-refractivity contribution is -0.152. The first-order chi connectivity index (χ1) is 3.70. The molecule has 0 aromatic heterocycles. The highest BCUT2D eigenvalue weighted by atomic mass is 16.6. The fourth-order valence-electron chi connectivity index (χ4n) is 0.492. The Bertz CT molecular complexity index is 142. The van der Waals surface area contributed by atoms with Gasteiger partial charge in [0.25, 0.3) is 0 Å². The largest absolute Gasteiger partial charge is 0.392 e. The molecule has 0 amide bonds. The van der Waals surface area contributed by atoms with Crippen LogP contribution in [0.5, 0.6) is 0 Å². The van der Waals surface area contributed by atoms with Gasteiger partial charge in [-0.2, -0.15) is 0 Å². The molecule has 0 aliphatic carbocycles. The van der Waals surface area contributed by atoms with Crippen molar-refractivity contribution < 1.29 is 14.3 Å². The third-order valence-corrected chi connectivity index (χ3v) is 0.904. The lowest BCUT2D eigenvalue weighted by Crippen LogP contribution is -2.24. The third-order valence-electron chi connectivity index (χ3n) is 0.904. The molecule has 1 aliphatic heterocycles. The molecule has 0 bridgehead atoms. The molecule has 0 spiro atoms. The molecule has 1 atom stereocenters. The summed E-state index contributed by atoms with van der Waals surface area (Å²) in [6.45, 7) is 0. The van der Waals surface area contributed by atoms with Gasteiger partial charge in [0, 0.05) is 0 Å². The van der Waals surface area contributed by atoms with E-state index in [9.17, 15) is 9.59 Å². The predicted molar refractivity (Wildman–Crippen MR) is 23.7 cm³/mol. The molecule has 4 heteroatoms. The molecule has 0 aromatic rings. The van der Waals surface area contributed by atoms with E-state index in [-0.39, 0.29) is 6.42 Å². The van der Waals surface area contributed by atoms with E-state index in [0.717, 1.165) is 0 Å². The highest BCUT2D eigenvalue weighted by molar-refractivity contribution is 5.96. The summed E-state index contributed by atoms with van der Waals surface area (Å²) in [6, 6.07) is -0.720. The summed E-state index contributed by atoms with van der Waals surface area (Å²) >= 11 is 0. The number of rotatable bonds is 0. The summed E-state index contributed by atoms with van der Waals surface area (Å²) in [6.07, 6.45) is 0.0266. The van der Waals surface area contributed by atoms with Crippen LogP contribution >= 0.6 is 0 Å². The lowest BCUT2D eigenvalue weighted by Gasteiger charge is -1.87. The Morgan fingerprint density at radius 2 is 2.25 bits per heavy atom. The van der Waals surface area contributed by atoms with E-state index in [0.29, 0.717) is 0 Å². The first kappa shape index (κ1) is 5.24. The van der Waals surface area contributed by atoms with Gasteiger partial charge in [0.2, 0.25) is 0 Å². The molecular formula is C4H5NO3. The highest BCUT2D eigenvalue weighted by Crippen LogP contribution is 2.03. The molecule has 2 N–H and O–H groups in total. The molecule has 1 saturated heterocycles. The average molecular weight is 115 g/mol. The minimum atomic E-state index is -0.720. The Hall–Kier alpha value is -0.900. The zero-order chi connectivity index (χ0) is 6.15. The van der Waals surface area contributed by atoms with Crippen molar-refractivity contribution >= 4 is 11.9 Å². The van der Waals surface area contributed by atoms with Gasteiger partial charge in [-0.05, 0) is 0 Å². The quantitative estimate of drug-likeness (QED) is 0.317. The topological polar surface area (TPSA) is 69.4 Å². The summed E-state index contributed by atoms with van der Waals surface area (Å²) in [4.78, 5) is 20.4. The number of carbonyl (C=O) groups excluding carboxylic acids is 2. The molecule has 1 fully saturated rings. The van der Waals surface area contributed by atoms with Crippen molar-refractivity contribution in [1.82, 2.24) is 0 Å². The zero-order valence-electron chi connectivity index (χ0n) is 4.09. The first-order valence-electron chi connectivity index (χ1n) is 2.20. The number of hydrogen-bond donors (Lipinski definition) is 1. The van der Waals surface area contributed by atoms with E-state index in [4.69, 9.17) is 5.73 Å². The van der Waals surface area contributed by atoms with Crippen LogP contribution in [0.1, 0.15) is 6.42 Å². The summed E-state index contributed by atoms with van der Waals surface area (Å²) < 4.78 is 4.07. The Morgan fingerprint density at radius 1 is 1.62 bits per heavy atom. The second-order valence-electron chi connectivity index (χ2n) is 1.60. The Morgan fingerprint density at radius 3 is 2.38 bits per heavy atom. The lowest BCUT2D eigenvalue weighted by atomic mass is 10.3. The van der Waals surface area contributed by atoms with Gasteiger partial charge in [-0.3, -0.25) is 4.79 Å². The standard InChI is InChI=1S/C4H5NO3/c5-2-1-3(6)8-4(2)7/h2H,1,5H2/t2-/m0/s1. The number of ether oxygens (including phenoxy) is 1. The Balaban J connectivity index is 2.64. The van der Waals surface area contributed by atoms with Gasteiger partial charge >= 0.3 is 11.9 Å². The Kier molecular flexibility index (Phi) is 1.02. The molecular weight excluding hydrogens is 110 g/mol. The van der Waals surface area contributed by atoms with Gasteiger partial charge in [-0.1, -0.05) is 0 Å². The molecule has 4 nitrogen and oxygen atoms in total. The summed E-state index contributed by atoms with van der Waals surface area (Å²) in [7, 11) is 0. The van der Waals surface area contributed by atoms with Gasteiger partial charge in [0.1, 0.15) is 6.04 Å². The molecule has 0 saturated carbocycles. The van der Waals surface area contributed by atoms with E-state index in [2.05, 4.69) is 4.74 Å². The highest BCUT2D eigenvalue weighted by Gasteiger charge is 2.29. The number of cyclic esters (lactones) is 2. The van der Waals surface area contributed by atoms with Crippen molar-refractivity contribution in [3.05, 3.63) is 0 Å². The molecule has 0 aromatic carbocycles. The first-order valence-corrected chi connectivity index (χ1v) is 2.20. The average Bonchev–Trinajstić information content (AvgIpc) is 1.85. The second kappa shape index (κ2) is 1.56. The predicted octanol–water partition coefficient (Wildman–Crippen LogP) is -1.21. The maximum Gasteiger partial charge on any atom is 0.331 e. The van der Waals surface area contributed by atoms with Crippen LogP contribution in [-0.4, -0.2) is 18.0 Å². The minimum absolute atomic E-state index is 0.0266. The van der Waals surface area contributed by atoms with Gasteiger partial charge < -0.3 is 10.5 Å². The van der Waals surface area contributed by atoms with Crippen LogP contribution in [0.4, 0.5) is 0 Å². The van der Waals surface area contributed by atoms with Crippen molar-refractivity contribution in [2.75, 3.05) is 0 Å². The number of carbonyl (C=O) groups is 2. The molecule has 44 valence electrons. The fraction of sp³-hybridized carbons (Fsp3) is 0.500. The molecule has 1 rings (SSSR count). The maximum atomic E-state index is 10.2. The van der Waals surface area contributed by atoms with Crippen molar-refractivity contribution in [1.29, 1.82) is 0 Å². The van der Waals surface area contributed by atoms with Crippen LogP contribution in [0.25, 0.3) is 0 Å². The number of esters is 2. The van der Waals surface area contributed by atoms with E-state index in [1.54, 1.807) is 0 Å². The van der Waals surface area contributed by atoms with E-state index in [1.807, 2.05) is 0 Å². The molecule has 1 heterocycles. The van der Waals surface area contributed by atoms with Crippen LogP contribution in [0.15, 0.2) is 0 Å². The molecule has 1 aliphatic rings. The van der Waals surface area contributed by atoms with Crippen molar-refractivity contribution in [2.24, 2.45) is 5.73 Å².